The zero-order valence-corrected chi connectivity index (χ0v) is 18.4. The fourth-order valence-corrected chi connectivity index (χ4v) is 3.64. The van der Waals surface area contributed by atoms with Crippen molar-refractivity contribution in [1.82, 2.24) is 5.32 Å². The summed E-state index contributed by atoms with van der Waals surface area (Å²) in [6.45, 7) is 0. The Kier molecular flexibility index (Phi) is 7.93. The standard InChI is InChI=1S/C24H22Cl2N2O3/c1-31-24(30)21(14-16-8-3-2-4-9-16)27-22(29)15-17-10-5-6-13-20(17)28-23-18(25)11-7-12-19(23)26/h2-13,21,28H,14-15H2,1H3,(H,27,29). The number of anilines is 2. The number of esters is 1. The Bertz CT molecular complexity index is 1040. The summed E-state index contributed by atoms with van der Waals surface area (Å²) < 4.78 is 4.87. The minimum absolute atomic E-state index is 0.0630. The highest BCUT2D eigenvalue weighted by Gasteiger charge is 2.22. The Morgan fingerprint density at radius 3 is 2.23 bits per heavy atom. The molecule has 5 nitrogen and oxygen atoms in total. The lowest BCUT2D eigenvalue weighted by molar-refractivity contribution is -0.145. The maximum atomic E-state index is 12.8. The molecule has 0 aromatic heterocycles. The SMILES string of the molecule is COC(=O)C(Cc1ccccc1)NC(=O)Cc1ccccc1Nc1c(Cl)cccc1Cl. The molecular weight excluding hydrogens is 435 g/mol. The first-order chi connectivity index (χ1) is 15.0. The number of nitrogens with one attached hydrogen (secondary N) is 2. The topological polar surface area (TPSA) is 67.4 Å². The van der Waals surface area contributed by atoms with Crippen molar-refractivity contribution in [3.63, 3.8) is 0 Å². The first-order valence-electron chi connectivity index (χ1n) is 9.68. The minimum Gasteiger partial charge on any atom is -0.467 e. The molecule has 0 aliphatic rings. The second kappa shape index (κ2) is 10.8. The molecule has 31 heavy (non-hydrogen) atoms. The molecule has 1 amide bonds. The second-order valence-corrected chi connectivity index (χ2v) is 7.70. The van der Waals surface area contributed by atoms with E-state index >= 15 is 0 Å². The van der Waals surface area contributed by atoms with Crippen LogP contribution in [-0.2, 0) is 27.2 Å². The van der Waals surface area contributed by atoms with Gasteiger partial charge < -0.3 is 15.4 Å². The van der Waals surface area contributed by atoms with Crippen molar-refractivity contribution < 1.29 is 14.3 Å². The van der Waals surface area contributed by atoms with Gasteiger partial charge in [0.15, 0.2) is 0 Å². The van der Waals surface area contributed by atoms with Crippen LogP contribution in [0.2, 0.25) is 10.0 Å². The molecule has 3 aromatic rings. The first-order valence-corrected chi connectivity index (χ1v) is 10.4. The van der Waals surface area contributed by atoms with E-state index in [-0.39, 0.29) is 12.3 Å². The van der Waals surface area contributed by atoms with E-state index < -0.39 is 12.0 Å². The van der Waals surface area contributed by atoms with Crippen LogP contribution in [0.5, 0.6) is 0 Å². The van der Waals surface area contributed by atoms with Gasteiger partial charge in [0.1, 0.15) is 6.04 Å². The molecule has 1 unspecified atom stereocenters. The van der Waals surface area contributed by atoms with Gasteiger partial charge in [0.05, 0.1) is 29.3 Å². The Hall–Kier alpha value is -3.02. The number of carbonyl (C=O) groups is 2. The highest BCUT2D eigenvalue weighted by molar-refractivity contribution is 6.39. The van der Waals surface area contributed by atoms with Gasteiger partial charge in [-0.2, -0.15) is 0 Å². The summed E-state index contributed by atoms with van der Waals surface area (Å²) in [6.07, 6.45) is 0.405. The largest absolute Gasteiger partial charge is 0.467 e. The van der Waals surface area contributed by atoms with E-state index in [4.69, 9.17) is 27.9 Å². The number of halogens is 2. The quantitative estimate of drug-likeness (QED) is 0.458. The molecule has 0 saturated heterocycles. The third kappa shape index (κ3) is 6.23. The number of rotatable bonds is 8. The minimum atomic E-state index is -0.780. The number of amides is 1. The lowest BCUT2D eigenvalue weighted by Gasteiger charge is -2.18. The average molecular weight is 457 g/mol. The molecule has 0 aliphatic heterocycles. The summed E-state index contributed by atoms with van der Waals surface area (Å²) >= 11 is 12.5. The van der Waals surface area contributed by atoms with Gasteiger partial charge in [0.2, 0.25) is 5.91 Å². The molecule has 160 valence electrons. The number of methoxy groups -OCH3 is 1. The van der Waals surface area contributed by atoms with Crippen molar-refractivity contribution in [2.45, 2.75) is 18.9 Å². The molecule has 0 radical (unpaired) electrons. The smallest absolute Gasteiger partial charge is 0.328 e. The van der Waals surface area contributed by atoms with Crippen LogP contribution in [0, 0.1) is 0 Å². The van der Waals surface area contributed by atoms with Crippen molar-refractivity contribution in [3.05, 3.63) is 94.0 Å². The van der Waals surface area contributed by atoms with Gasteiger partial charge in [-0.3, -0.25) is 4.79 Å². The van der Waals surface area contributed by atoms with Crippen LogP contribution in [0.3, 0.4) is 0 Å². The highest BCUT2D eigenvalue weighted by Crippen LogP contribution is 2.33. The van der Waals surface area contributed by atoms with Crippen LogP contribution in [0.4, 0.5) is 11.4 Å². The van der Waals surface area contributed by atoms with Gasteiger partial charge in [0, 0.05) is 12.1 Å². The third-order valence-electron chi connectivity index (χ3n) is 4.69. The van der Waals surface area contributed by atoms with Crippen molar-refractivity contribution >= 4 is 46.5 Å². The summed E-state index contributed by atoms with van der Waals surface area (Å²) in [5.74, 6) is -0.794. The van der Waals surface area contributed by atoms with Crippen LogP contribution < -0.4 is 10.6 Å². The molecule has 0 spiro atoms. The fourth-order valence-electron chi connectivity index (χ4n) is 3.15. The Labute approximate surface area is 191 Å². The Morgan fingerprint density at radius 1 is 0.903 bits per heavy atom. The number of para-hydroxylation sites is 2. The monoisotopic (exact) mass is 456 g/mol. The summed E-state index contributed by atoms with van der Waals surface area (Å²) in [5, 5.41) is 6.94. The normalized spacial score (nSPS) is 11.5. The van der Waals surface area contributed by atoms with Crippen LogP contribution in [0.1, 0.15) is 11.1 Å². The van der Waals surface area contributed by atoms with Crippen LogP contribution in [-0.4, -0.2) is 25.0 Å². The highest BCUT2D eigenvalue weighted by atomic mass is 35.5. The lowest BCUT2D eigenvalue weighted by Crippen LogP contribution is -2.43. The summed E-state index contributed by atoms with van der Waals surface area (Å²) in [7, 11) is 1.30. The van der Waals surface area contributed by atoms with E-state index in [1.54, 1.807) is 18.2 Å². The van der Waals surface area contributed by atoms with E-state index in [0.29, 0.717) is 27.8 Å². The summed E-state index contributed by atoms with van der Waals surface area (Å²) in [6, 6.07) is 21.2. The predicted molar refractivity (Wildman–Crippen MR) is 124 cm³/mol. The van der Waals surface area contributed by atoms with Crippen molar-refractivity contribution in [1.29, 1.82) is 0 Å². The van der Waals surface area contributed by atoms with E-state index in [1.807, 2.05) is 54.6 Å². The van der Waals surface area contributed by atoms with Crippen molar-refractivity contribution in [2.75, 3.05) is 12.4 Å². The van der Waals surface area contributed by atoms with Crippen LogP contribution in [0.25, 0.3) is 0 Å². The summed E-state index contributed by atoms with van der Waals surface area (Å²) in [4.78, 5) is 25.0. The molecule has 0 heterocycles. The van der Waals surface area contributed by atoms with Gasteiger partial charge in [-0.1, -0.05) is 77.8 Å². The third-order valence-corrected chi connectivity index (χ3v) is 5.32. The molecule has 3 rings (SSSR count). The zero-order valence-electron chi connectivity index (χ0n) is 16.9. The molecule has 0 aliphatic carbocycles. The molecule has 0 fully saturated rings. The molecule has 0 saturated carbocycles. The van der Waals surface area contributed by atoms with Gasteiger partial charge >= 0.3 is 5.97 Å². The molecule has 1 atom stereocenters. The van der Waals surface area contributed by atoms with Gasteiger partial charge in [-0.05, 0) is 29.3 Å². The van der Waals surface area contributed by atoms with Crippen LogP contribution >= 0.6 is 23.2 Å². The zero-order chi connectivity index (χ0) is 22.2. The van der Waals surface area contributed by atoms with Gasteiger partial charge in [-0.25, -0.2) is 4.79 Å². The second-order valence-electron chi connectivity index (χ2n) is 6.89. The molecule has 0 bridgehead atoms. The molecular formula is C24H22Cl2N2O3. The lowest BCUT2D eigenvalue weighted by atomic mass is 10.0. The maximum Gasteiger partial charge on any atom is 0.328 e. The number of hydrogen-bond acceptors (Lipinski definition) is 4. The first kappa shape index (κ1) is 22.7. The van der Waals surface area contributed by atoms with E-state index in [0.717, 1.165) is 11.1 Å². The number of ether oxygens (including phenoxy) is 1. The Balaban J connectivity index is 1.74. The molecule has 2 N–H and O–H groups in total. The maximum absolute atomic E-state index is 12.8. The summed E-state index contributed by atoms with van der Waals surface area (Å²) in [5.41, 5.74) is 2.92. The predicted octanol–water partition coefficient (Wildman–Crippen LogP) is 5.18. The van der Waals surface area contributed by atoms with Crippen LogP contribution in [0.15, 0.2) is 72.8 Å². The van der Waals surface area contributed by atoms with Gasteiger partial charge in [0.25, 0.3) is 0 Å². The average Bonchev–Trinajstić information content (AvgIpc) is 2.77. The number of carbonyl (C=O) groups excluding carboxylic acids is 2. The van der Waals surface area contributed by atoms with E-state index in [9.17, 15) is 9.59 Å². The van der Waals surface area contributed by atoms with E-state index in [2.05, 4.69) is 10.6 Å². The number of benzene rings is 3. The molecule has 3 aromatic carbocycles. The fraction of sp³-hybridized carbons (Fsp3) is 0.167. The van der Waals surface area contributed by atoms with Gasteiger partial charge in [-0.15, -0.1) is 0 Å². The Morgan fingerprint density at radius 2 is 1.55 bits per heavy atom. The van der Waals surface area contributed by atoms with Crippen molar-refractivity contribution in [2.24, 2.45) is 0 Å². The van der Waals surface area contributed by atoms with E-state index in [1.165, 1.54) is 7.11 Å². The number of hydrogen-bond donors (Lipinski definition) is 2. The molecule has 7 heteroatoms. The van der Waals surface area contributed by atoms with Crippen molar-refractivity contribution in [3.8, 4) is 0 Å².